The molecule has 0 aromatic carbocycles. The lowest BCUT2D eigenvalue weighted by molar-refractivity contribution is -0.870. The van der Waals surface area contributed by atoms with Crippen LogP contribution in [-0.2, 0) is 32.7 Å². The molecule has 0 spiro atoms. The molecule has 1 unspecified atom stereocenters. The fourth-order valence-corrected chi connectivity index (χ4v) is 5.64. The third-order valence-corrected chi connectivity index (χ3v) is 8.79. The van der Waals surface area contributed by atoms with Gasteiger partial charge in [-0.1, -0.05) is 122 Å². The van der Waals surface area contributed by atoms with Gasteiger partial charge in [-0.3, -0.25) is 18.6 Å². The first kappa shape index (κ1) is 44.8. The Morgan fingerprint density at radius 1 is 0.674 bits per heavy atom. The minimum atomic E-state index is -4.36. The van der Waals surface area contributed by atoms with Crippen LogP contribution >= 0.6 is 7.82 Å². The monoisotopic (exact) mass is 676 g/mol. The van der Waals surface area contributed by atoms with E-state index in [0.29, 0.717) is 23.9 Å². The van der Waals surface area contributed by atoms with Gasteiger partial charge in [0.1, 0.15) is 19.8 Å². The van der Waals surface area contributed by atoms with Crippen molar-refractivity contribution in [3.63, 3.8) is 0 Å². The van der Waals surface area contributed by atoms with E-state index in [2.05, 4.69) is 26.0 Å². The molecule has 9 nitrogen and oxygen atoms in total. The van der Waals surface area contributed by atoms with Gasteiger partial charge in [0.25, 0.3) is 0 Å². The third kappa shape index (κ3) is 32.7. The van der Waals surface area contributed by atoms with Gasteiger partial charge in [-0.05, 0) is 32.1 Å². The van der Waals surface area contributed by atoms with Crippen LogP contribution in [0.3, 0.4) is 0 Å². The first-order valence-electron chi connectivity index (χ1n) is 18.4. The van der Waals surface area contributed by atoms with Crippen molar-refractivity contribution in [1.29, 1.82) is 0 Å². The van der Waals surface area contributed by atoms with Gasteiger partial charge >= 0.3 is 19.8 Å². The minimum Gasteiger partial charge on any atom is -0.462 e. The maximum absolute atomic E-state index is 12.5. The van der Waals surface area contributed by atoms with Crippen LogP contribution in [0.1, 0.15) is 155 Å². The highest BCUT2D eigenvalue weighted by Crippen LogP contribution is 2.43. The van der Waals surface area contributed by atoms with Crippen molar-refractivity contribution in [2.24, 2.45) is 0 Å². The van der Waals surface area contributed by atoms with Gasteiger partial charge in [0.2, 0.25) is 0 Å². The van der Waals surface area contributed by atoms with Crippen molar-refractivity contribution >= 4 is 19.8 Å². The molecule has 0 aliphatic rings. The van der Waals surface area contributed by atoms with Crippen molar-refractivity contribution in [2.45, 2.75) is 161 Å². The average Bonchev–Trinajstić information content (AvgIpc) is 2.99. The van der Waals surface area contributed by atoms with E-state index in [1.807, 2.05) is 21.1 Å². The number of phosphoric acid groups is 1. The van der Waals surface area contributed by atoms with Gasteiger partial charge in [0.15, 0.2) is 6.10 Å². The summed E-state index contributed by atoms with van der Waals surface area (Å²) in [6.45, 7) is 4.29. The SMILES string of the molecule is CC/C=C/CCCCCCCC(=O)O[C@H](COC(=O)CCCCCCCCCCCCCCC)COP(=O)(O)OCC[N+](C)(C)C. The zero-order chi connectivity index (χ0) is 34.4. The van der Waals surface area contributed by atoms with Crippen molar-refractivity contribution in [1.82, 2.24) is 0 Å². The molecule has 1 N–H and O–H groups in total. The normalized spacial score (nSPS) is 14.0. The van der Waals surface area contributed by atoms with Gasteiger partial charge in [-0.25, -0.2) is 4.57 Å². The summed E-state index contributed by atoms with van der Waals surface area (Å²) in [5.74, 6) is -0.810. The molecule has 2 atom stereocenters. The second kappa shape index (κ2) is 29.9. The standard InChI is InChI=1S/C36H70NO8P/c1-6-8-10-12-14-16-17-18-19-21-22-24-26-28-35(38)42-32-34(33-44-46(40,41)43-31-30-37(3,4)5)45-36(39)29-27-25-23-20-15-13-11-9-7-2/h9,11,34H,6-8,10,12-33H2,1-5H3/p+1/b11-9+/t34-/m1/s1. The molecular formula is C36H71NO8P+. The Balaban J connectivity index is 4.42. The molecule has 0 saturated carbocycles. The van der Waals surface area contributed by atoms with E-state index in [0.717, 1.165) is 57.8 Å². The fourth-order valence-electron chi connectivity index (χ4n) is 4.90. The molecular weight excluding hydrogens is 605 g/mol. The number of phosphoric ester groups is 1. The first-order valence-corrected chi connectivity index (χ1v) is 19.9. The highest BCUT2D eigenvalue weighted by atomic mass is 31.2. The number of hydrogen-bond donors (Lipinski definition) is 1. The molecule has 0 aromatic heterocycles. The van der Waals surface area contributed by atoms with Gasteiger partial charge < -0.3 is 18.9 Å². The van der Waals surface area contributed by atoms with E-state index in [-0.39, 0.29) is 25.6 Å². The average molecular weight is 677 g/mol. The Morgan fingerprint density at radius 3 is 1.70 bits per heavy atom. The Labute approximate surface area is 282 Å². The number of unbranched alkanes of at least 4 members (excludes halogenated alkanes) is 17. The minimum absolute atomic E-state index is 0.0325. The number of hydrogen-bond acceptors (Lipinski definition) is 7. The highest BCUT2D eigenvalue weighted by molar-refractivity contribution is 7.47. The van der Waals surface area contributed by atoms with Crippen LogP contribution in [0.5, 0.6) is 0 Å². The maximum atomic E-state index is 12.5. The summed E-state index contributed by atoms with van der Waals surface area (Å²) in [5.41, 5.74) is 0. The van der Waals surface area contributed by atoms with Crippen LogP contribution in [-0.4, -0.2) is 74.9 Å². The van der Waals surface area contributed by atoms with E-state index >= 15 is 0 Å². The number of rotatable bonds is 33. The second-order valence-corrected chi connectivity index (χ2v) is 15.0. The molecule has 0 bridgehead atoms. The first-order chi connectivity index (χ1) is 22.0. The molecule has 272 valence electrons. The van der Waals surface area contributed by atoms with E-state index in [4.69, 9.17) is 18.5 Å². The Morgan fingerprint density at radius 2 is 1.17 bits per heavy atom. The van der Waals surface area contributed by atoms with Crippen LogP contribution in [0.2, 0.25) is 0 Å². The molecule has 46 heavy (non-hydrogen) atoms. The second-order valence-electron chi connectivity index (χ2n) is 13.6. The van der Waals surface area contributed by atoms with Gasteiger partial charge in [-0.2, -0.15) is 0 Å². The quantitative estimate of drug-likeness (QED) is 0.0241. The third-order valence-electron chi connectivity index (χ3n) is 7.81. The Kier molecular flexibility index (Phi) is 29.0. The molecule has 0 saturated heterocycles. The zero-order valence-corrected chi connectivity index (χ0v) is 31.2. The number of esters is 2. The lowest BCUT2D eigenvalue weighted by atomic mass is 10.0. The number of likely N-dealkylation sites (N-methyl/N-ethyl adjacent to an activating group) is 1. The molecule has 10 heteroatoms. The van der Waals surface area contributed by atoms with Crippen molar-refractivity contribution in [3.8, 4) is 0 Å². The number of carbonyl (C=O) groups is 2. The van der Waals surface area contributed by atoms with E-state index in [1.165, 1.54) is 64.2 Å². The number of allylic oxidation sites excluding steroid dienone is 2. The van der Waals surface area contributed by atoms with Gasteiger partial charge in [0.05, 0.1) is 27.7 Å². The van der Waals surface area contributed by atoms with Crippen LogP contribution in [0.4, 0.5) is 0 Å². The molecule has 0 fully saturated rings. The number of nitrogens with zero attached hydrogens (tertiary/aromatic N) is 1. The lowest BCUT2D eigenvalue weighted by Gasteiger charge is -2.24. The summed E-state index contributed by atoms with van der Waals surface area (Å²) in [6.07, 6.45) is 27.0. The number of carbonyl (C=O) groups excluding carboxylic acids is 2. The Hall–Kier alpha value is -1.25. The van der Waals surface area contributed by atoms with E-state index < -0.39 is 26.5 Å². The molecule has 0 amide bonds. The summed E-state index contributed by atoms with van der Waals surface area (Å²) >= 11 is 0. The summed E-state index contributed by atoms with van der Waals surface area (Å²) in [7, 11) is 1.47. The summed E-state index contributed by atoms with van der Waals surface area (Å²) in [6, 6.07) is 0. The largest absolute Gasteiger partial charge is 0.472 e. The molecule has 0 rings (SSSR count). The topological polar surface area (TPSA) is 108 Å². The summed E-state index contributed by atoms with van der Waals surface area (Å²) in [4.78, 5) is 35.0. The fraction of sp³-hybridized carbons (Fsp3) is 0.889. The predicted molar refractivity (Wildman–Crippen MR) is 188 cm³/mol. The molecule has 0 heterocycles. The zero-order valence-electron chi connectivity index (χ0n) is 30.3. The highest BCUT2D eigenvalue weighted by Gasteiger charge is 2.27. The van der Waals surface area contributed by atoms with Crippen LogP contribution < -0.4 is 0 Å². The molecule has 0 aliphatic carbocycles. The number of quaternary nitrogens is 1. The number of ether oxygens (including phenoxy) is 2. The smallest absolute Gasteiger partial charge is 0.462 e. The van der Waals surface area contributed by atoms with Crippen molar-refractivity contribution < 1.29 is 42.1 Å². The molecule has 0 radical (unpaired) electrons. The van der Waals surface area contributed by atoms with Crippen LogP contribution in [0, 0.1) is 0 Å². The maximum Gasteiger partial charge on any atom is 0.472 e. The van der Waals surface area contributed by atoms with Crippen molar-refractivity contribution in [2.75, 3.05) is 47.5 Å². The van der Waals surface area contributed by atoms with Crippen LogP contribution in [0.15, 0.2) is 12.2 Å². The molecule has 0 aliphatic heterocycles. The van der Waals surface area contributed by atoms with Gasteiger partial charge in [0, 0.05) is 12.8 Å². The van der Waals surface area contributed by atoms with E-state index in [1.54, 1.807) is 0 Å². The predicted octanol–water partition coefficient (Wildman–Crippen LogP) is 9.46. The lowest BCUT2D eigenvalue weighted by Crippen LogP contribution is -2.37. The van der Waals surface area contributed by atoms with Crippen molar-refractivity contribution in [3.05, 3.63) is 12.2 Å². The van der Waals surface area contributed by atoms with E-state index in [9.17, 15) is 19.0 Å². The van der Waals surface area contributed by atoms with Gasteiger partial charge in [-0.15, -0.1) is 0 Å². The summed E-state index contributed by atoms with van der Waals surface area (Å²) < 4.78 is 34.0. The van der Waals surface area contributed by atoms with Crippen LogP contribution in [0.25, 0.3) is 0 Å². The Bertz CT molecular complexity index is 814. The molecule has 0 aromatic rings. The summed E-state index contributed by atoms with van der Waals surface area (Å²) in [5, 5.41) is 0.